The monoisotopic (exact) mass is 306 g/mol. The van der Waals surface area contributed by atoms with Gasteiger partial charge in [-0.1, -0.05) is 27.7 Å². The summed E-state index contributed by atoms with van der Waals surface area (Å²) in [6.45, 7) is 9.47. The molecule has 3 heteroatoms. The molecule has 2 bridgehead atoms. The number of ether oxygens (including phenoxy) is 1. The van der Waals surface area contributed by atoms with E-state index in [1.54, 1.807) is 11.3 Å². The molecule has 2 aliphatic carbocycles. The van der Waals surface area contributed by atoms with E-state index in [0.717, 1.165) is 23.6 Å². The first-order chi connectivity index (χ1) is 9.88. The maximum absolute atomic E-state index is 12.3. The number of hydrogen-bond acceptors (Lipinski definition) is 3. The molecule has 3 atom stereocenters. The number of carbonyl (C=O) groups excluding carboxylic acids is 1. The zero-order valence-electron chi connectivity index (χ0n) is 13.6. The van der Waals surface area contributed by atoms with Crippen molar-refractivity contribution in [3.8, 4) is 0 Å². The van der Waals surface area contributed by atoms with Gasteiger partial charge in [0.2, 0.25) is 0 Å². The number of fused-ring (bicyclic) bond motifs is 2. The van der Waals surface area contributed by atoms with Crippen molar-refractivity contribution >= 4 is 17.1 Å². The minimum Gasteiger partial charge on any atom is -0.369 e. The Kier molecular flexibility index (Phi) is 3.77. The molecule has 0 aromatic carbocycles. The van der Waals surface area contributed by atoms with Crippen molar-refractivity contribution < 1.29 is 9.53 Å². The lowest BCUT2D eigenvalue weighted by molar-refractivity contribution is -0.0389. The molecule has 2 fully saturated rings. The van der Waals surface area contributed by atoms with E-state index in [-0.39, 0.29) is 23.9 Å². The third-order valence-corrected chi connectivity index (χ3v) is 7.69. The maximum atomic E-state index is 12.3. The van der Waals surface area contributed by atoms with Crippen molar-refractivity contribution in [3.63, 3.8) is 0 Å². The van der Waals surface area contributed by atoms with Crippen LogP contribution in [0.2, 0.25) is 0 Å². The van der Waals surface area contributed by atoms with Gasteiger partial charge in [-0.2, -0.15) is 0 Å². The van der Waals surface area contributed by atoms with Crippen molar-refractivity contribution in [1.82, 2.24) is 0 Å². The lowest BCUT2D eigenvalue weighted by Gasteiger charge is -2.38. The summed E-state index contributed by atoms with van der Waals surface area (Å²) in [5.41, 5.74) is 0.584. The second-order valence-corrected chi connectivity index (χ2v) is 8.62. The highest BCUT2D eigenvalue weighted by Gasteiger charge is 2.61. The van der Waals surface area contributed by atoms with Crippen LogP contribution in [0, 0.1) is 16.7 Å². The molecule has 0 aliphatic heterocycles. The first-order valence-corrected chi connectivity index (χ1v) is 8.93. The fourth-order valence-corrected chi connectivity index (χ4v) is 5.22. The van der Waals surface area contributed by atoms with Gasteiger partial charge in [0.15, 0.2) is 5.78 Å². The van der Waals surface area contributed by atoms with E-state index in [2.05, 4.69) is 33.8 Å². The number of Topliss-reactive ketones (excluding diaryl/α,β-unsaturated/α-hetero) is 1. The number of aryl methyl sites for hydroxylation is 1. The summed E-state index contributed by atoms with van der Waals surface area (Å²) in [6.07, 6.45) is 4.93. The van der Waals surface area contributed by atoms with Gasteiger partial charge in [-0.05, 0) is 54.6 Å². The van der Waals surface area contributed by atoms with Crippen LogP contribution in [0.1, 0.15) is 61.5 Å². The molecule has 0 N–H and O–H groups in total. The minimum atomic E-state index is 0.142. The third-order valence-electron chi connectivity index (χ3n) is 6.41. The second-order valence-electron chi connectivity index (χ2n) is 7.45. The first-order valence-electron chi connectivity index (χ1n) is 8.12. The molecule has 1 aromatic heterocycles. The molecule has 2 aliphatic rings. The molecular weight excluding hydrogens is 280 g/mol. The van der Waals surface area contributed by atoms with Gasteiger partial charge in [0, 0.05) is 4.88 Å². The van der Waals surface area contributed by atoms with Crippen molar-refractivity contribution in [1.29, 1.82) is 0 Å². The Labute approximate surface area is 131 Å². The Hall–Kier alpha value is -0.670. The number of ketones is 1. The molecule has 0 saturated heterocycles. The molecule has 1 heterocycles. The number of hydrogen-bond donors (Lipinski definition) is 0. The molecule has 0 amide bonds. The minimum absolute atomic E-state index is 0.142. The Bertz CT molecular complexity index is 545. The van der Waals surface area contributed by atoms with Crippen LogP contribution in [0.4, 0.5) is 0 Å². The molecule has 2 nitrogen and oxygen atoms in total. The fraction of sp³-hybridized carbons (Fsp3) is 0.722. The van der Waals surface area contributed by atoms with Crippen LogP contribution in [-0.4, -0.2) is 18.5 Å². The summed E-state index contributed by atoms with van der Waals surface area (Å²) >= 11 is 1.61. The number of thiophene rings is 1. The van der Waals surface area contributed by atoms with Crippen LogP contribution in [0.15, 0.2) is 12.1 Å². The molecule has 3 rings (SSSR count). The van der Waals surface area contributed by atoms with Gasteiger partial charge < -0.3 is 4.74 Å². The van der Waals surface area contributed by atoms with Crippen molar-refractivity contribution in [2.24, 2.45) is 16.7 Å². The van der Waals surface area contributed by atoms with Crippen molar-refractivity contribution in [2.75, 3.05) is 6.61 Å². The highest BCUT2D eigenvalue weighted by Crippen LogP contribution is 2.66. The summed E-state index contributed by atoms with van der Waals surface area (Å²) in [7, 11) is 0. The Morgan fingerprint density at radius 1 is 1.38 bits per heavy atom. The predicted molar refractivity (Wildman–Crippen MR) is 87.0 cm³/mol. The SMILES string of the molecule is CCc1ccc(C(=O)COC2CC3CCC2(C)C3(C)C)s1. The molecule has 116 valence electrons. The molecular formula is C18H26O2S. The van der Waals surface area contributed by atoms with Crippen molar-refractivity contribution in [3.05, 3.63) is 21.9 Å². The fourth-order valence-electron chi connectivity index (χ4n) is 4.35. The summed E-state index contributed by atoms with van der Waals surface area (Å²) < 4.78 is 6.09. The lowest BCUT2D eigenvalue weighted by Crippen LogP contribution is -2.38. The summed E-state index contributed by atoms with van der Waals surface area (Å²) in [4.78, 5) is 14.4. The van der Waals surface area contributed by atoms with Gasteiger partial charge in [-0.15, -0.1) is 11.3 Å². The van der Waals surface area contributed by atoms with Gasteiger partial charge in [-0.3, -0.25) is 4.79 Å². The average molecular weight is 306 g/mol. The van der Waals surface area contributed by atoms with Gasteiger partial charge in [0.05, 0.1) is 11.0 Å². The number of carbonyl (C=O) groups is 1. The molecule has 21 heavy (non-hydrogen) atoms. The standard InChI is InChI=1S/C18H26O2S/c1-5-13-6-7-15(21-13)14(19)11-20-16-10-12-8-9-18(16,4)17(12,2)3/h6-7,12,16H,5,8-11H2,1-4H3. The smallest absolute Gasteiger partial charge is 0.198 e. The largest absolute Gasteiger partial charge is 0.369 e. The van der Waals surface area contributed by atoms with E-state index in [9.17, 15) is 4.79 Å². The molecule has 0 radical (unpaired) electrons. The summed E-state index contributed by atoms with van der Waals surface area (Å²) in [5, 5.41) is 0. The van der Waals surface area contributed by atoms with E-state index < -0.39 is 0 Å². The lowest BCUT2D eigenvalue weighted by atomic mass is 9.70. The predicted octanol–water partition coefficient (Wildman–Crippen LogP) is 4.72. The number of rotatable bonds is 5. The maximum Gasteiger partial charge on any atom is 0.198 e. The highest BCUT2D eigenvalue weighted by molar-refractivity contribution is 7.14. The van der Waals surface area contributed by atoms with E-state index in [4.69, 9.17) is 4.74 Å². The van der Waals surface area contributed by atoms with Crippen LogP contribution in [0.25, 0.3) is 0 Å². The topological polar surface area (TPSA) is 26.3 Å². The van der Waals surface area contributed by atoms with Crippen LogP contribution < -0.4 is 0 Å². The Morgan fingerprint density at radius 3 is 2.67 bits per heavy atom. The first kappa shape index (κ1) is 15.2. The zero-order chi connectivity index (χ0) is 15.3. The van der Waals surface area contributed by atoms with E-state index in [0.29, 0.717) is 5.41 Å². The molecule has 3 unspecified atom stereocenters. The molecule has 0 spiro atoms. The van der Waals surface area contributed by atoms with Crippen LogP contribution >= 0.6 is 11.3 Å². The average Bonchev–Trinajstić information content (AvgIpc) is 3.06. The second kappa shape index (κ2) is 5.20. The van der Waals surface area contributed by atoms with Gasteiger partial charge >= 0.3 is 0 Å². The van der Waals surface area contributed by atoms with E-state index in [1.807, 2.05) is 6.07 Å². The Balaban J connectivity index is 1.63. The summed E-state index contributed by atoms with van der Waals surface area (Å²) in [5.74, 6) is 0.903. The van der Waals surface area contributed by atoms with Gasteiger partial charge in [0.25, 0.3) is 0 Å². The highest BCUT2D eigenvalue weighted by atomic mass is 32.1. The third kappa shape index (κ3) is 2.29. The van der Waals surface area contributed by atoms with Crippen LogP contribution in [0.3, 0.4) is 0 Å². The normalized spacial score (nSPS) is 33.5. The molecule has 2 saturated carbocycles. The molecule has 1 aromatic rings. The quantitative estimate of drug-likeness (QED) is 0.735. The van der Waals surface area contributed by atoms with E-state index in [1.165, 1.54) is 17.7 Å². The van der Waals surface area contributed by atoms with Gasteiger partial charge in [0.1, 0.15) is 6.61 Å². The van der Waals surface area contributed by atoms with Crippen LogP contribution in [0.5, 0.6) is 0 Å². The van der Waals surface area contributed by atoms with Crippen LogP contribution in [-0.2, 0) is 11.2 Å². The zero-order valence-corrected chi connectivity index (χ0v) is 14.4. The Morgan fingerprint density at radius 2 is 2.14 bits per heavy atom. The summed E-state index contributed by atoms with van der Waals surface area (Å²) in [6, 6.07) is 4.00. The van der Waals surface area contributed by atoms with E-state index >= 15 is 0 Å². The van der Waals surface area contributed by atoms with Gasteiger partial charge in [-0.25, -0.2) is 0 Å². The van der Waals surface area contributed by atoms with Crippen molar-refractivity contribution in [2.45, 2.75) is 59.5 Å².